The van der Waals surface area contributed by atoms with Gasteiger partial charge in [0.15, 0.2) is 0 Å². The minimum absolute atomic E-state index is 0. The van der Waals surface area contributed by atoms with Crippen LogP contribution in [0.4, 0.5) is 13.2 Å². The summed E-state index contributed by atoms with van der Waals surface area (Å²) in [7, 11) is -3.97. The van der Waals surface area contributed by atoms with E-state index in [0.717, 1.165) is 0 Å². The Balaban J connectivity index is 0.00000841. The number of alkyl halides is 3. The topological polar surface area (TPSA) is 104 Å². The normalized spacial score (nSPS) is 14.6. The third kappa shape index (κ3) is 8.68. The molecule has 4 N–H and O–H groups in total. The Morgan fingerprint density at radius 1 is 1.07 bits per heavy atom. The van der Waals surface area contributed by atoms with Gasteiger partial charge < -0.3 is 15.9 Å². The molecule has 0 aliphatic rings. The van der Waals surface area contributed by atoms with Gasteiger partial charge in [0.05, 0.1) is 18.1 Å². The molecular weight excluding hydrogens is 445 g/mol. The summed E-state index contributed by atoms with van der Waals surface area (Å²) in [4.78, 5) is 0.00361. The number of halogens is 4. The van der Waals surface area contributed by atoms with Crippen LogP contribution in [0.25, 0.3) is 0 Å². The van der Waals surface area contributed by atoms with Crippen LogP contribution in [0.5, 0.6) is 0 Å². The highest BCUT2D eigenvalue weighted by molar-refractivity contribution is 7.89. The van der Waals surface area contributed by atoms with Gasteiger partial charge in [-0.25, -0.2) is 8.42 Å². The van der Waals surface area contributed by atoms with Gasteiger partial charge in [0.2, 0.25) is 10.0 Å². The highest BCUT2D eigenvalue weighted by Gasteiger charge is 2.37. The van der Waals surface area contributed by atoms with Gasteiger partial charge in [0, 0.05) is 12.6 Å². The van der Waals surface area contributed by atoms with E-state index in [2.05, 4.69) is 0 Å². The van der Waals surface area contributed by atoms with E-state index in [4.69, 9.17) is 10.8 Å². The number of aliphatic hydroxyl groups excluding tert-OH is 2. The summed E-state index contributed by atoms with van der Waals surface area (Å²) in [5.41, 5.74) is 5.67. The van der Waals surface area contributed by atoms with Crippen molar-refractivity contribution in [3.8, 4) is 0 Å². The maximum atomic E-state index is 13.1. The number of nitrogens with zero attached hydrogens (tertiary/aromatic N) is 1. The zero-order valence-corrected chi connectivity index (χ0v) is 18.8. The van der Waals surface area contributed by atoms with Gasteiger partial charge in [0.1, 0.15) is 6.04 Å². The fourth-order valence-corrected chi connectivity index (χ4v) is 4.51. The molecule has 30 heavy (non-hydrogen) atoms. The van der Waals surface area contributed by atoms with Gasteiger partial charge in [-0.3, -0.25) is 0 Å². The van der Waals surface area contributed by atoms with Crippen molar-refractivity contribution in [3.05, 3.63) is 29.8 Å². The van der Waals surface area contributed by atoms with Crippen LogP contribution in [-0.2, 0) is 16.6 Å². The average molecular weight is 477 g/mol. The van der Waals surface area contributed by atoms with Crippen LogP contribution in [0, 0.1) is 5.92 Å². The number of nitrogens with two attached hydrogens (primary N) is 1. The Morgan fingerprint density at radius 3 is 2.07 bits per heavy atom. The largest absolute Gasteiger partial charge is 0.403 e. The predicted molar refractivity (Wildman–Crippen MR) is 112 cm³/mol. The van der Waals surface area contributed by atoms with Gasteiger partial charge in [-0.2, -0.15) is 17.5 Å². The third-order valence-corrected chi connectivity index (χ3v) is 6.70. The Bertz CT molecular complexity index is 715. The molecular formula is C19H32ClF3N2O4S. The molecule has 0 fully saturated rings. The molecule has 0 bridgehead atoms. The second-order valence-electron chi connectivity index (χ2n) is 7.52. The average Bonchev–Trinajstić information content (AvgIpc) is 2.65. The summed E-state index contributed by atoms with van der Waals surface area (Å²) in [6.45, 7) is 3.26. The predicted octanol–water partition coefficient (Wildman–Crippen LogP) is 3.06. The molecule has 2 atom stereocenters. The Morgan fingerprint density at radius 2 is 1.63 bits per heavy atom. The fraction of sp³-hybridized carbons (Fsp3) is 0.684. The molecule has 0 amide bonds. The van der Waals surface area contributed by atoms with Crippen molar-refractivity contribution >= 4 is 22.4 Å². The van der Waals surface area contributed by atoms with Gasteiger partial charge in [-0.05, 0) is 49.3 Å². The number of benzene rings is 1. The molecule has 1 rings (SSSR count). The second kappa shape index (κ2) is 12.8. The van der Waals surface area contributed by atoms with Crippen molar-refractivity contribution in [1.29, 1.82) is 0 Å². The van der Waals surface area contributed by atoms with Crippen molar-refractivity contribution in [1.82, 2.24) is 4.31 Å². The first kappa shape index (κ1) is 29.1. The van der Waals surface area contributed by atoms with Crippen molar-refractivity contribution in [2.75, 3.05) is 13.2 Å². The Kier molecular flexibility index (Phi) is 12.4. The lowest BCUT2D eigenvalue weighted by Gasteiger charge is -2.31. The van der Waals surface area contributed by atoms with Crippen LogP contribution in [0.2, 0.25) is 0 Å². The van der Waals surface area contributed by atoms with Gasteiger partial charge in [-0.15, -0.1) is 12.4 Å². The van der Waals surface area contributed by atoms with Crippen LogP contribution in [0.3, 0.4) is 0 Å². The number of rotatable bonds is 12. The lowest BCUT2D eigenvalue weighted by molar-refractivity contribution is -0.149. The minimum Gasteiger partial charge on any atom is -0.395 e. The summed E-state index contributed by atoms with van der Waals surface area (Å²) in [6.07, 6.45) is -4.22. The molecule has 1 aromatic carbocycles. The summed E-state index contributed by atoms with van der Waals surface area (Å²) in [5, 5.41) is 18.9. The first-order valence-corrected chi connectivity index (χ1v) is 11.0. The van der Waals surface area contributed by atoms with Crippen molar-refractivity contribution in [2.45, 2.75) is 69.3 Å². The minimum atomic E-state index is -4.51. The molecule has 11 heteroatoms. The molecule has 6 nitrogen and oxygen atoms in total. The van der Waals surface area contributed by atoms with E-state index in [9.17, 15) is 26.7 Å². The maximum Gasteiger partial charge on any atom is 0.403 e. The summed E-state index contributed by atoms with van der Waals surface area (Å²) in [5.74, 6) is 0.197. The van der Waals surface area contributed by atoms with E-state index in [0.29, 0.717) is 12.0 Å². The first-order chi connectivity index (χ1) is 13.4. The molecule has 0 aliphatic carbocycles. The van der Waals surface area contributed by atoms with Crippen molar-refractivity contribution in [2.24, 2.45) is 11.7 Å². The summed E-state index contributed by atoms with van der Waals surface area (Å²) >= 11 is 0. The van der Waals surface area contributed by atoms with E-state index in [-0.39, 0.29) is 55.6 Å². The molecule has 0 heterocycles. The fourth-order valence-electron chi connectivity index (χ4n) is 2.85. The lowest BCUT2D eigenvalue weighted by atomic mass is 10.1. The van der Waals surface area contributed by atoms with E-state index < -0.39 is 34.9 Å². The SMILES string of the molecule is CC(C)CCN([C@H](CO)CCC[C@@H](N)C(F)(F)F)S(=O)(=O)c1ccc(CO)cc1.Cl. The monoisotopic (exact) mass is 476 g/mol. The standard InChI is InChI=1S/C19H31F3N2O4S.ClH/c1-14(2)10-11-24(16(13-26)4-3-5-18(23)19(20,21)22)29(27,28)17-8-6-15(12-25)7-9-17;/h6-9,14,16,18,25-26H,3-5,10-13,23H2,1-2H3;1H/t16-,18+;/m0./s1. The molecule has 0 saturated carbocycles. The molecule has 0 unspecified atom stereocenters. The highest BCUT2D eigenvalue weighted by atomic mass is 35.5. The van der Waals surface area contributed by atoms with Gasteiger partial charge in [-0.1, -0.05) is 26.0 Å². The van der Waals surface area contributed by atoms with E-state index in [1.54, 1.807) is 0 Å². The number of hydrogen-bond acceptors (Lipinski definition) is 5. The third-order valence-electron chi connectivity index (χ3n) is 4.73. The molecule has 0 aliphatic heterocycles. The summed E-state index contributed by atoms with van der Waals surface area (Å²) in [6, 6.07) is 2.90. The molecule has 0 radical (unpaired) electrons. The Hall–Kier alpha value is -0.910. The highest BCUT2D eigenvalue weighted by Crippen LogP contribution is 2.25. The van der Waals surface area contributed by atoms with E-state index >= 15 is 0 Å². The second-order valence-corrected chi connectivity index (χ2v) is 9.41. The quantitative estimate of drug-likeness (QED) is 0.430. The Labute approximate surface area is 182 Å². The number of aliphatic hydroxyl groups is 2. The van der Waals surface area contributed by atoms with E-state index in [1.807, 2.05) is 13.8 Å². The maximum absolute atomic E-state index is 13.1. The summed E-state index contributed by atoms with van der Waals surface area (Å²) < 4.78 is 65.3. The van der Waals surface area contributed by atoms with Crippen molar-refractivity contribution < 1.29 is 31.8 Å². The smallest absolute Gasteiger partial charge is 0.395 e. The van der Waals surface area contributed by atoms with Crippen LogP contribution in [0.1, 0.15) is 45.1 Å². The van der Waals surface area contributed by atoms with Crippen LogP contribution in [0.15, 0.2) is 29.2 Å². The van der Waals surface area contributed by atoms with Gasteiger partial charge in [0.25, 0.3) is 0 Å². The molecule has 1 aromatic rings. The van der Waals surface area contributed by atoms with E-state index in [1.165, 1.54) is 28.6 Å². The lowest BCUT2D eigenvalue weighted by Crippen LogP contribution is -2.44. The number of sulfonamides is 1. The van der Waals surface area contributed by atoms with Crippen LogP contribution < -0.4 is 5.73 Å². The first-order valence-electron chi connectivity index (χ1n) is 9.58. The van der Waals surface area contributed by atoms with Crippen LogP contribution in [-0.4, -0.2) is 54.3 Å². The number of hydrogen-bond donors (Lipinski definition) is 3. The molecule has 176 valence electrons. The zero-order chi connectivity index (χ0) is 22.2. The van der Waals surface area contributed by atoms with Crippen molar-refractivity contribution in [3.63, 3.8) is 0 Å². The zero-order valence-electron chi connectivity index (χ0n) is 17.2. The molecule has 0 aromatic heterocycles. The molecule has 0 saturated heterocycles. The van der Waals surface area contributed by atoms with Gasteiger partial charge >= 0.3 is 6.18 Å². The van der Waals surface area contributed by atoms with Crippen LogP contribution >= 0.6 is 12.4 Å². The molecule has 0 spiro atoms.